The van der Waals surface area contributed by atoms with Gasteiger partial charge >= 0.3 is 0 Å². The number of ether oxygens (including phenoxy) is 2. The molecule has 1 saturated carbocycles. The predicted octanol–water partition coefficient (Wildman–Crippen LogP) is 3.36. The molecule has 2 aliphatic rings. The lowest BCUT2D eigenvalue weighted by Crippen LogP contribution is -2.24. The summed E-state index contributed by atoms with van der Waals surface area (Å²) in [7, 11) is 0. The Morgan fingerprint density at radius 1 is 1.07 bits per heavy atom. The third-order valence-electron chi connectivity index (χ3n) is 4.48. The summed E-state index contributed by atoms with van der Waals surface area (Å²) in [6.45, 7) is 3.05. The van der Waals surface area contributed by atoms with Gasteiger partial charge in [0.25, 0.3) is 0 Å². The van der Waals surface area contributed by atoms with E-state index in [1.165, 1.54) is 12.8 Å². The molecule has 0 unspecified atom stereocenters. The summed E-state index contributed by atoms with van der Waals surface area (Å²) in [6.07, 6.45) is 2.13. The van der Waals surface area contributed by atoms with Crippen LogP contribution in [0.15, 0.2) is 48.5 Å². The van der Waals surface area contributed by atoms with Crippen LogP contribution in [0.3, 0.4) is 0 Å². The van der Waals surface area contributed by atoms with E-state index in [-0.39, 0.29) is 18.9 Å². The Labute approximate surface area is 165 Å². The van der Waals surface area contributed by atoms with E-state index in [0.717, 1.165) is 18.0 Å². The van der Waals surface area contributed by atoms with Gasteiger partial charge < -0.3 is 24.6 Å². The summed E-state index contributed by atoms with van der Waals surface area (Å²) >= 11 is 0. The highest BCUT2D eigenvalue weighted by atomic mass is 16.5. The summed E-state index contributed by atoms with van der Waals surface area (Å²) in [5, 5.41) is 17.2. The molecule has 1 saturated heterocycles. The number of benzene rings is 2. The van der Waals surface area contributed by atoms with Crippen LogP contribution in [0.25, 0.3) is 0 Å². The predicted molar refractivity (Wildman–Crippen MR) is 107 cm³/mol. The number of carbonyl (C=O) groups excluding carboxylic acids is 1. The average molecular weight is 385 g/mol. The van der Waals surface area contributed by atoms with Crippen molar-refractivity contribution in [2.45, 2.75) is 32.3 Å². The van der Waals surface area contributed by atoms with Crippen molar-refractivity contribution in [2.24, 2.45) is 5.92 Å². The van der Waals surface area contributed by atoms with E-state index in [1.54, 1.807) is 11.8 Å². The Morgan fingerprint density at radius 3 is 2.36 bits per heavy atom. The molecule has 0 bridgehead atoms. The first-order chi connectivity index (χ1) is 13.6. The van der Waals surface area contributed by atoms with E-state index < -0.39 is 6.10 Å². The minimum Gasteiger partial charge on any atom is -0.493 e. The van der Waals surface area contributed by atoms with Gasteiger partial charge in [-0.2, -0.15) is 0 Å². The summed E-state index contributed by atoms with van der Waals surface area (Å²) in [4.78, 5) is 13.4. The number of aliphatic hydroxyl groups is 2. The number of rotatable bonds is 6. The van der Waals surface area contributed by atoms with Gasteiger partial charge in [-0.05, 0) is 62.1 Å². The first-order valence-electron chi connectivity index (χ1n) is 9.69. The fraction of sp³-hybridized carbons (Fsp3) is 0.409. The van der Waals surface area contributed by atoms with Gasteiger partial charge in [0.05, 0.1) is 25.7 Å². The van der Waals surface area contributed by atoms with E-state index in [0.29, 0.717) is 24.0 Å². The lowest BCUT2D eigenvalue weighted by Gasteiger charge is -2.16. The van der Waals surface area contributed by atoms with Gasteiger partial charge in [-0.25, -0.2) is 0 Å². The molecule has 150 valence electrons. The van der Waals surface area contributed by atoms with Crippen LogP contribution in [0.1, 0.15) is 26.2 Å². The Hall–Kier alpha value is -2.57. The molecule has 28 heavy (non-hydrogen) atoms. The second-order valence-electron chi connectivity index (χ2n) is 7.00. The van der Waals surface area contributed by atoms with Crippen molar-refractivity contribution < 1.29 is 24.5 Å². The standard InChI is InChI=1S/C20H21NO4.C2H6O/c22-16-10-20(23)21(12-16)15-6-8-17(9-7-15)25-19-3-1-2-18(11-19)24-13-14-4-5-14;1-2-3/h1-3,6-9,11,14,16,22H,4-5,10,12-13H2;3H,2H2,1H3/t16-;/m1./s1. The molecule has 1 atom stereocenters. The third-order valence-corrected chi connectivity index (χ3v) is 4.48. The fourth-order valence-electron chi connectivity index (χ4n) is 2.89. The number of hydrogen-bond donors (Lipinski definition) is 2. The van der Waals surface area contributed by atoms with Crippen molar-refractivity contribution in [3.8, 4) is 17.2 Å². The van der Waals surface area contributed by atoms with Gasteiger partial charge in [0.15, 0.2) is 0 Å². The van der Waals surface area contributed by atoms with E-state index >= 15 is 0 Å². The number of carbonyl (C=O) groups is 1. The summed E-state index contributed by atoms with van der Waals surface area (Å²) in [6, 6.07) is 14.9. The molecule has 0 aromatic heterocycles. The number of anilines is 1. The van der Waals surface area contributed by atoms with E-state index in [1.807, 2.05) is 48.5 Å². The molecular formula is C22H27NO5. The Bertz CT molecular complexity index is 773. The Balaban J connectivity index is 0.000000706. The topological polar surface area (TPSA) is 79.2 Å². The maximum Gasteiger partial charge on any atom is 0.229 e. The van der Waals surface area contributed by atoms with Crippen LogP contribution in [0.5, 0.6) is 17.2 Å². The number of nitrogens with zero attached hydrogens (tertiary/aromatic N) is 1. The quantitative estimate of drug-likeness (QED) is 0.797. The molecule has 6 nitrogen and oxygen atoms in total. The number of hydrogen-bond acceptors (Lipinski definition) is 5. The number of β-amino-alcohol motifs (C(OH)–C–C–N with tert-alkyl or cyclic N) is 1. The molecule has 1 heterocycles. The van der Waals surface area contributed by atoms with Crippen molar-refractivity contribution in [3.05, 3.63) is 48.5 Å². The second-order valence-corrected chi connectivity index (χ2v) is 7.00. The van der Waals surface area contributed by atoms with Gasteiger partial charge in [0.1, 0.15) is 17.2 Å². The van der Waals surface area contributed by atoms with Crippen LogP contribution in [0, 0.1) is 5.92 Å². The lowest BCUT2D eigenvalue weighted by molar-refractivity contribution is -0.117. The van der Waals surface area contributed by atoms with Crippen molar-refractivity contribution in [2.75, 3.05) is 24.7 Å². The molecule has 0 spiro atoms. The van der Waals surface area contributed by atoms with Crippen LogP contribution >= 0.6 is 0 Å². The highest BCUT2D eigenvalue weighted by Gasteiger charge is 2.28. The number of aliphatic hydroxyl groups excluding tert-OH is 2. The van der Waals surface area contributed by atoms with Crippen LogP contribution in [-0.2, 0) is 4.79 Å². The minimum atomic E-state index is -0.582. The van der Waals surface area contributed by atoms with E-state index in [2.05, 4.69) is 0 Å². The normalized spacial score (nSPS) is 18.5. The molecule has 2 fully saturated rings. The maximum atomic E-state index is 11.8. The molecule has 6 heteroatoms. The zero-order valence-electron chi connectivity index (χ0n) is 16.1. The van der Waals surface area contributed by atoms with Crippen molar-refractivity contribution in [1.29, 1.82) is 0 Å². The van der Waals surface area contributed by atoms with E-state index in [9.17, 15) is 9.90 Å². The molecule has 4 rings (SSSR count). The minimum absolute atomic E-state index is 0.0540. The van der Waals surface area contributed by atoms with Gasteiger partial charge in [-0.3, -0.25) is 4.79 Å². The smallest absolute Gasteiger partial charge is 0.229 e. The molecule has 2 aromatic carbocycles. The van der Waals surface area contributed by atoms with Crippen molar-refractivity contribution >= 4 is 11.6 Å². The van der Waals surface area contributed by atoms with Crippen LogP contribution < -0.4 is 14.4 Å². The van der Waals surface area contributed by atoms with Crippen LogP contribution in [0.2, 0.25) is 0 Å². The Morgan fingerprint density at radius 2 is 1.75 bits per heavy atom. The summed E-state index contributed by atoms with van der Waals surface area (Å²) in [5.41, 5.74) is 0.774. The van der Waals surface area contributed by atoms with Crippen LogP contribution in [0.4, 0.5) is 5.69 Å². The summed E-state index contributed by atoms with van der Waals surface area (Å²) < 4.78 is 11.6. The Kier molecular flexibility index (Phi) is 6.90. The first-order valence-corrected chi connectivity index (χ1v) is 9.69. The number of amides is 1. The SMILES string of the molecule is CCO.O=C1C[C@@H](O)CN1c1ccc(Oc2cccc(OCC3CC3)c2)cc1. The van der Waals surface area contributed by atoms with Gasteiger partial charge in [-0.1, -0.05) is 6.07 Å². The maximum absolute atomic E-state index is 11.8. The fourth-order valence-corrected chi connectivity index (χ4v) is 2.89. The molecule has 1 aliphatic carbocycles. The second kappa shape index (κ2) is 9.57. The highest BCUT2D eigenvalue weighted by Crippen LogP contribution is 2.31. The third kappa shape index (κ3) is 5.71. The van der Waals surface area contributed by atoms with Gasteiger partial charge in [0.2, 0.25) is 5.91 Å². The zero-order valence-corrected chi connectivity index (χ0v) is 16.1. The highest BCUT2D eigenvalue weighted by molar-refractivity contribution is 5.96. The summed E-state index contributed by atoms with van der Waals surface area (Å²) in [5.74, 6) is 2.88. The molecule has 1 aliphatic heterocycles. The van der Waals surface area contributed by atoms with Gasteiger partial charge in [-0.15, -0.1) is 0 Å². The largest absolute Gasteiger partial charge is 0.493 e. The van der Waals surface area contributed by atoms with Crippen LogP contribution in [-0.4, -0.2) is 42.0 Å². The molecule has 1 amide bonds. The first kappa shape index (κ1) is 20.2. The van der Waals surface area contributed by atoms with Crippen molar-refractivity contribution in [3.63, 3.8) is 0 Å². The molecule has 2 N–H and O–H groups in total. The monoisotopic (exact) mass is 385 g/mol. The lowest BCUT2D eigenvalue weighted by atomic mass is 10.2. The molecule has 2 aromatic rings. The average Bonchev–Trinajstić information content (AvgIpc) is 3.45. The van der Waals surface area contributed by atoms with Crippen molar-refractivity contribution in [1.82, 2.24) is 0 Å². The molecular weight excluding hydrogens is 358 g/mol. The molecule has 0 radical (unpaired) electrons. The van der Waals surface area contributed by atoms with E-state index in [4.69, 9.17) is 14.6 Å². The zero-order chi connectivity index (χ0) is 19.9. The van der Waals surface area contributed by atoms with Gasteiger partial charge in [0, 0.05) is 18.4 Å².